The van der Waals surface area contributed by atoms with Crippen LogP contribution in [0.4, 0.5) is 24.5 Å². The van der Waals surface area contributed by atoms with E-state index in [1.807, 2.05) is 0 Å². The number of hydrogen-bond donors (Lipinski definition) is 1. The standard InChI is InChI=1S/C15H13F3N2O4S/c16-15(17,18)11-1-3-12(4-2-11)19-20-13-5-7-14(8-6-13)24-9-10-25(21,22)23/h1-8H,9-10H2,(H,21,22,23). The van der Waals surface area contributed by atoms with Crippen molar-refractivity contribution in [1.29, 1.82) is 0 Å². The van der Waals surface area contributed by atoms with Crippen LogP contribution in [-0.4, -0.2) is 25.3 Å². The van der Waals surface area contributed by atoms with Gasteiger partial charge in [-0.25, -0.2) is 0 Å². The molecule has 134 valence electrons. The molecule has 0 unspecified atom stereocenters. The Morgan fingerprint density at radius 1 is 0.920 bits per heavy atom. The second-order valence-corrected chi connectivity index (χ2v) is 6.45. The van der Waals surface area contributed by atoms with Crippen molar-refractivity contribution in [2.45, 2.75) is 6.18 Å². The fourth-order valence-electron chi connectivity index (χ4n) is 1.71. The molecular weight excluding hydrogens is 361 g/mol. The van der Waals surface area contributed by atoms with Gasteiger partial charge in [0, 0.05) is 0 Å². The van der Waals surface area contributed by atoms with Crippen LogP contribution in [0, 0.1) is 0 Å². The number of halogens is 3. The van der Waals surface area contributed by atoms with Crippen molar-refractivity contribution < 1.29 is 30.9 Å². The second-order valence-electron chi connectivity index (χ2n) is 4.87. The minimum atomic E-state index is -4.40. The number of rotatable bonds is 6. The second kappa shape index (κ2) is 7.62. The van der Waals surface area contributed by atoms with Gasteiger partial charge in [0.15, 0.2) is 0 Å². The summed E-state index contributed by atoms with van der Waals surface area (Å²) >= 11 is 0. The van der Waals surface area contributed by atoms with E-state index in [2.05, 4.69) is 10.2 Å². The summed E-state index contributed by atoms with van der Waals surface area (Å²) in [4.78, 5) is 0. The lowest BCUT2D eigenvalue weighted by molar-refractivity contribution is -0.137. The van der Waals surface area contributed by atoms with Gasteiger partial charge in [0.25, 0.3) is 10.1 Å². The van der Waals surface area contributed by atoms with E-state index in [0.717, 1.165) is 12.1 Å². The smallest absolute Gasteiger partial charge is 0.416 e. The lowest BCUT2D eigenvalue weighted by Crippen LogP contribution is -2.12. The molecule has 0 bridgehead atoms. The molecule has 0 aliphatic carbocycles. The molecule has 0 amide bonds. The summed E-state index contributed by atoms with van der Waals surface area (Å²) in [6.07, 6.45) is -4.40. The Bertz CT molecular complexity index is 833. The van der Waals surface area contributed by atoms with Crippen LogP contribution < -0.4 is 4.74 Å². The van der Waals surface area contributed by atoms with Gasteiger partial charge >= 0.3 is 6.18 Å². The lowest BCUT2D eigenvalue weighted by Gasteiger charge is -2.05. The molecule has 0 radical (unpaired) electrons. The summed E-state index contributed by atoms with van der Waals surface area (Å²) in [5.74, 6) is -0.153. The third-order valence-corrected chi connectivity index (χ3v) is 3.60. The third-order valence-electron chi connectivity index (χ3n) is 2.92. The van der Waals surface area contributed by atoms with Crippen LogP contribution in [0.1, 0.15) is 5.56 Å². The van der Waals surface area contributed by atoms with Crippen molar-refractivity contribution in [3.8, 4) is 5.75 Å². The van der Waals surface area contributed by atoms with E-state index < -0.39 is 27.6 Å². The Balaban J connectivity index is 1.95. The number of azo groups is 1. The topological polar surface area (TPSA) is 88.3 Å². The van der Waals surface area contributed by atoms with Crippen molar-refractivity contribution in [1.82, 2.24) is 0 Å². The first-order valence-corrected chi connectivity index (χ1v) is 8.51. The van der Waals surface area contributed by atoms with Crippen LogP contribution >= 0.6 is 0 Å². The molecule has 0 aliphatic heterocycles. The molecule has 2 aromatic rings. The Kier molecular flexibility index (Phi) is 5.75. The molecule has 2 rings (SSSR count). The van der Waals surface area contributed by atoms with Crippen molar-refractivity contribution in [2.24, 2.45) is 10.2 Å². The summed E-state index contributed by atoms with van der Waals surface area (Å²) in [6.45, 7) is -0.203. The maximum Gasteiger partial charge on any atom is 0.416 e. The highest BCUT2D eigenvalue weighted by molar-refractivity contribution is 7.85. The monoisotopic (exact) mass is 374 g/mol. The molecule has 0 fully saturated rings. The molecular formula is C15H13F3N2O4S. The first kappa shape index (κ1) is 18.9. The molecule has 0 aromatic heterocycles. The minimum Gasteiger partial charge on any atom is -0.492 e. The number of benzene rings is 2. The molecule has 10 heteroatoms. The summed E-state index contributed by atoms with van der Waals surface area (Å²) < 4.78 is 72.2. The maximum atomic E-state index is 12.4. The number of ether oxygens (including phenoxy) is 1. The summed E-state index contributed by atoms with van der Waals surface area (Å²) in [7, 11) is -4.08. The van der Waals surface area contributed by atoms with Crippen LogP contribution in [0.15, 0.2) is 58.8 Å². The van der Waals surface area contributed by atoms with Crippen LogP contribution in [0.5, 0.6) is 5.75 Å². The van der Waals surface area contributed by atoms with Gasteiger partial charge in [0.1, 0.15) is 18.1 Å². The van der Waals surface area contributed by atoms with Crippen molar-refractivity contribution >= 4 is 21.5 Å². The number of hydrogen-bond acceptors (Lipinski definition) is 5. The Morgan fingerprint density at radius 2 is 1.40 bits per heavy atom. The molecule has 0 aliphatic rings. The summed E-state index contributed by atoms with van der Waals surface area (Å²) in [5, 5.41) is 7.71. The van der Waals surface area contributed by atoms with E-state index in [1.54, 1.807) is 0 Å². The van der Waals surface area contributed by atoms with Gasteiger partial charge in [-0.2, -0.15) is 31.8 Å². The van der Waals surface area contributed by atoms with Gasteiger partial charge in [-0.3, -0.25) is 4.55 Å². The largest absolute Gasteiger partial charge is 0.492 e. The fourth-order valence-corrected chi connectivity index (χ4v) is 2.00. The Labute approximate surface area is 141 Å². The molecule has 0 heterocycles. The highest BCUT2D eigenvalue weighted by atomic mass is 32.2. The SMILES string of the molecule is O=S(=O)(O)CCOc1ccc(N=Nc2ccc(C(F)(F)F)cc2)cc1. The first-order chi connectivity index (χ1) is 11.6. The van der Waals surface area contributed by atoms with E-state index in [-0.39, 0.29) is 12.3 Å². The molecule has 0 saturated heterocycles. The molecule has 6 nitrogen and oxygen atoms in total. The van der Waals surface area contributed by atoms with Gasteiger partial charge in [0.05, 0.1) is 16.9 Å². The van der Waals surface area contributed by atoms with Crippen molar-refractivity contribution in [3.05, 3.63) is 54.1 Å². The van der Waals surface area contributed by atoms with Crippen LogP contribution in [0.25, 0.3) is 0 Å². The molecule has 0 saturated carbocycles. The predicted molar refractivity (Wildman–Crippen MR) is 84.0 cm³/mol. The average molecular weight is 374 g/mol. The zero-order valence-electron chi connectivity index (χ0n) is 12.6. The third kappa shape index (κ3) is 6.51. The van der Waals surface area contributed by atoms with Crippen LogP contribution in [0.3, 0.4) is 0 Å². The Hall–Kier alpha value is -2.46. The highest BCUT2D eigenvalue weighted by Crippen LogP contribution is 2.30. The zero-order chi connectivity index (χ0) is 18.5. The maximum absolute atomic E-state index is 12.4. The molecule has 0 atom stereocenters. The van der Waals surface area contributed by atoms with Gasteiger partial charge in [-0.1, -0.05) is 0 Å². The van der Waals surface area contributed by atoms with E-state index in [0.29, 0.717) is 11.4 Å². The van der Waals surface area contributed by atoms with Crippen LogP contribution in [0.2, 0.25) is 0 Å². The Morgan fingerprint density at radius 3 is 1.84 bits per heavy atom. The molecule has 0 spiro atoms. The predicted octanol–water partition coefficient (Wildman–Crippen LogP) is 4.39. The van der Waals surface area contributed by atoms with Crippen molar-refractivity contribution in [2.75, 3.05) is 12.4 Å². The average Bonchev–Trinajstić information content (AvgIpc) is 2.52. The molecule has 2 aromatic carbocycles. The zero-order valence-corrected chi connectivity index (χ0v) is 13.5. The van der Waals surface area contributed by atoms with Gasteiger partial charge in [-0.05, 0) is 48.5 Å². The minimum absolute atomic E-state index is 0.203. The lowest BCUT2D eigenvalue weighted by atomic mass is 10.2. The fraction of sp³-hybridized carbons (Fsp3) is 0.200. The normalized spacial score (nSPS) is 12.5. The number of alkyl halides is 3. The van der Waals surface area contributed by atoms with Gasteiger partial charge in [0.2, 0.25) is 0 Å². The van der Waals surface area contributed by atoms with E-state index >= 15 is 0 Å². The van der Waals surface area contributed by atoms with E-state index in [4.69, 9.17) is 9.29 Å². The van der Waals surface area contributed by atoms with E-state index in [1.165, 1.54) is 36.4 Å². The number of nitrogens with zero attached hydrogens (tertiary/aromatic N) is 2. The van der Waals surface area contributed by atoms with Gasteiger partial charge < -0.3 is 4.74 Å². The van der Waals surface area contributed by atoms with Crippen molar-refractivity contribution in [3.63, 3.8) is 0 Å². The molecule has 25 heavy (non-hydrogen) atoms. The van der Waals surface area contributed by atoms with E-state index in [9.17, 15) is 21.6 Å². The van der Waals surface area contributed by atoms with Gasteiger partial charge in [-0.15, -0.1) is 0 Å². The summed E-state index contributed by atoms with van der Waals surface area (Å²) in [6, 6.07) is 10.4. The quantitative estimate of drug-likeness (QED) is 0.600. The summed E-state index contributed by atoms with van der Waals surface area (Å²) in [5.41, 5.74) is -0.0682. The van der Waals surface area contributed by atoms with Crippen LogP contribution in [-0.2, 0) is 16.3 Å². The first-order valence-electron chi connectivity index (χ1n) is 6.90. The highest BCUT2D eigenvalue weighted by Gasteiger charge is 2.29. The molecule has 1 N–H and O–H groups in total.